The first-order valence-electron chi connectivity index (χ1n) is 11.1. The van der Waals surface area contributed by atoms with Crippen LogP contribution in [0.15, 0.2) is 28.5 Å². The van der Waals surface area contributed by atoms with Gasteiger partial charge in [-0.1, -0.05) is 31.2 Å². The number of fused-ring (bicyclic) bond motifs is 2. The van der Waals surface area contributed by atoms with Gasteiger partial charge in [-0.25, -0.2) is 19.2 Å². The van der Waals surface area contributed by atoms with Crippen LogP contribution < -0.4 is 0 Å². The first-order chi connectivity index (χ1) is 15.0. The molecule has 2 heterocycles. The predicted molar refractivity (Wildman–Crippen MR) is 126 cm³/mol. The molecule has 2 atom stereocenters. The molecular weight excluding hydrogens is 428 g/mol. The lowest BCUT2D eigenvalue weighted by atomic mass is 10.1. The minimum atomic E-state index is -1.75. The zero-order chi connectivity index (χ0) is 22.0. The number of rotatable bonds is 9. The van der Waals surface area contributed by atoms with Crippen LogP contribution in [-0.2, 0) is 30.5 Å². The van der Waals surface area contributed by atoms with Gasteiger partial charge in [0, 0.05) is 11.4 Å². The van der Waals surface area contributed by atoms with Crippen LogP contribution in [0, 0.1) is 13.8 Å². The van der Waals surface area contributed by atoms with Crippen molar-refractivity contribution < 1.29 is 8.76 Å². The molecule has 0 spiro atoms. The Labute approximate surface area is 190 Å². The van der Waals surface area contributed by atoms with Crippen LogP contribution >= 0.6 is 11.8 Å². The van der Waals surface area contributed by atoms with Gasteiger partial charge in [0.05, 0.1) is 10.9 Å². The average Bonchev–Trinajstić information content (AvgIpc) is 3.33. The molecule has 3 aromatic rings. The smallest absolute Gasteiger partial charge is 0.175 e. The van der Waals surface area contributed by atoms with E-state index in [1.165, 1.54) is 34.4 Å². The summed E-state index contributed by atoms with van der Waals surface area (Å²) < 4.78 is 23.0. The Morgan fingerprint density at radius 3 is 2.71 bits per heavy atom. The van der Waals surface area contributed by atoms with Crippen molar-refractivity contribution in [1.29, 1.82) is 0 Å². The lowest BCUT2D eigenvalue weighted by Gasteiger charge is -2.13. The number of aromatic nitrogens is 4. The summed E-state index contributed by atoms with van der Waals surface area (Å²) in [7, 11) is 0. The largest absolute Gasteiger partial charge is 0.306 e. The topological polar surface area (TPSA) is 80.9 Å². The number of aryl methyl sites for hydroxylation is 5. The monoisotopic (exact) mass is 458 g/mol. The molecule has 2 aromatic heterocycles. The fourth-order valence-electron chi connectivity index (χ4n) is 4.33. The van der Waals surface area contributed by atoms with Crippen molar-refractivity contribution in [2.75, 3.05) is 0 Å². The van der Waals surface area contributed by atoms with Gasteiger partial charge in [0.15, 0.2) is 21.9 Å². The molecule has 1 aliphatic rings. The van der Waals surface area contributed by atoms with E-state index in [9.17, 15) is 8.76 Å². The zero-order valence-electron chi connectivity index (χ0n) is 18.4. The van der Waals surface area contributed by atoms with Gasteiger partial charge in [-0.3, -0.25) is 0 Å². The Morgan fingerprint density at radius 2 is 1.97 bits per heavy atom. The highest BCUT2D eigenvalue weighted by atomic mass is 32.2. The highest BCUT2D eigenvalue weighted by molar-refractivity contribution is 7.99. The molecule has 8 heteroatoms. The predicted octanol–water partition coefficient (Wildman–Crippen LogP) is 5.25. The average molecular weight is 459 g/mol. The molecule has 166 valence electrons. The molecule has 0 fully saturated rings. The molecule has 0 aliphatic heterocycles. The zero-order valence-corrected chi connectivity index (χ0v) is 20.1. The second-order valence-corrected chi connectivity index (χ2v) is 10.5. The van der Waals surface area contributed by atoms with Crippen LogP contribution in [0.2, 0.25) is 0 Å². The van der Waals surface area contributed by atoms with Crippen molar-refractivity contribution in [1.82, 2.24) is 19.5 Å². The maximum Gasteiger partial charge on any atom is 0.175 e. The Hall–Kier alpha value is -1.77. The van der Waals surface area contributed by atoms with E-state index in [4.69, 9.17) is 4.98 Å². The van der Waals surface area contributed by atoms with E-state index in [1.807, 2.05) is 13.8 Å². The molecule has 0 radical (unpaired) electrons. The van der Waals surface area contributed by atoms with E-state index >= 15 is 0 Å². The number of nitrogens with zero attached hydrogens (tertiary/aromatic N) is 4. The molecule has 2 unspecified atom stereocenters. The van der Waals surface area contributed by atoms with Crippen LogP contribution in [-0.4, -0.2) is 33.5 Å². The highest BCUT2D eigenvalue weighted by Crippen LogP contribution is 2.36. The molecule has 1 aromatic carbocycles. The summed E-state index contributed by atoms with van der Waals surface area (Å²) in [6.45, 7) is 6.90. The van der Waals surface area contributed by atoms with Gasteiger partial charge >= 0.3 is 0 Å². The minimum absolute atomic E-state index is 0.146. The Balaban J connectivity index is 1.58. The molecule has 0 bridgehead atoms. The van der Waals surface area contributed by atoms with Gasteiger partial charge in [0.25, 0.3) is 0 Å². The lowest BCUT2D eigenvalue weighted by molar-refractivity contribution is 0.513. The lowest BCUT2D eigenvalue weighted by Crippen LogP contribution is -2.13. The first kappa shape index (κ1) is 22.4. The summed E-state index contributed by atoms with van der Waals surface area (Å²) in [5, 5.41) is 0.796. The minimum Gasteiger partial charge on any atom is -0.306 e. The van der Waals surface area contributed by atoms with E-state index in [-0.39, 0.29) is 5.25 Å². The SMILES string of the molecule is CCC(CCCCn1c(Sc2cc3c(cc2C)CCC3)nc2c(C)ncnc21)S(=O)O. The van der Waals surface area contributed by atoms with Crippen LogP contribution in [0.4, 0.5) is 0 Å². The fraction of sp³-hybridized carbons (Fsp3) is 0.522. The maximum atomic E-state index is 11.4. The summed E-state index contributed by atoms with van der Waals surface area (Å²) in [5.41, 5.74) is 6.86. The molecule has 1 aliphatic carbocycles. The number of unbranched alkanes of at least 4 members (excludes halogenated alkanes) is 1. The van der Waals surface area contributed by atoms with E-state index in [0.717, 1.165) is 60.7 Å². The Bertz CT molecular complexity index is 1110. The number of hydrogen-bond donors (Lipinski definition) is 1. The third kappa shape index (κ3) is 4.86. The van der Waals surface area contributed by atoms with Crippen molar-refractivity contribution in [3.8, 4) is 0 Å². The highest BCUT2D eigenvalue weighted by Gasteiger charge is 2.19. The van der Waals surface area contributed by atoms with Crippen molar-refractivity contribution in [3.63, 3.8) is 0 Å². The summed E-state index contributed by atoms with van der Waals surface area (Å²) >= 11 is -0.0361. The van der Waals surface area contributed by atoms with Crippen LogP contribution in [0.3, 0.4) is 0 Å². The summed E-state index contributed by atoms with van der Waals surface area (Å²) in [5.74, 6) is 0. The van der Waals surface area contributed by atoms with Gasteiger partial charge in [-0.15, -0.1) is 0 Å². The van der Waals surface area contributed by atoms with E-state index in [2.05, 4.69) is 33.6 Å². The second-order valence-electron chi connectivity index (χ2n) is 8.32. The third-order valence-electron chi connectivity index (χ3n) is 6.17. The molecular formula is C23H30N4O2S2. The normalized spacial score (nSPS) is 15.4. The van der Waals surface area contributed by atoms with Crippen molar-refractivity contribution in [3.05, 3.63) is 40.8 Å². The van der Waals surface area contributed by atoms with Crippen molar-refractivity contribution in [2.24, 2.45) is 0 Å². The quantitative estimate of drug-likeness (QED) is 0.348. The van der Waals surface area contributed by atoms with Gasteiger partial charge in [0.2, 0.25) is 0 Å². The molecule has 0 amide bonds. The summed E-state index contributed by atoms with van der Waals surface area (Å²) in [6.07, 6.45) is 8.49. The Morgan fingerprint density at radius 1 is 1.19 bits per heavy atom. The van der Waals surface area contributed by atoms with Crippen molar-refractivity contribution in [2.45, 2.75) is 87.6 Å². The van der Waals surface area contributed by atoms with Crippen molar-refractivity contribution >= 4 is 34.0 Å². The van der Waals surface area contributed by atoms with Crippen LogP contribution in [0.25, 0.3) is 11.2 Å². The summed E-state index contributed by atoms with van der Waals surface area (Å²) in [4.78, 5) is 15.0. The molecule has 0 saturated carbocycles. The van der Waals surface area contributed by atoms with Gasteiger partial charge in [0.1, 0.15) is 11.8 Å². The molecule has 1 N–H and O–H groups in total. The summed E-state index contributed by atoms with van der Waals surface area (Å²) in [6, 6.07) is 4.68. The number of imidazole rings is 1. The molecule has 6 nitrogen and oxygen atoms in total. The molecule has 4 rings (SSSR count). The fourth-order valence-corrected chi connectivity index (χ4v) is 6.03. The van der Waals surface area contributed by atoms with E-state index in [0.29, 0.717) is 0 Å². The number of benzene rings is 1. The van der Waals surface area contributed by atoms with Crippen LogP contribution in [0.5, 0.6) is 0 Å². The second kappa shape index (κ2) is 9.79. The van der Waals surface area contributed by atoms with Crippen LogP contribution in [0.1, 0.15) is 61.4 Å². The Kier molecular flexibility index (Phi) is 7.08. The first-order valence-corrected chi connectivity index (χ1v) is 13.0. The van der Waals surface area contributed by atoms with Gasteiger partial charge < -0.3 is 9.12 Å². The molecule has 31 heavy (non-hydrogen) atoms. The van der Waals surface area contributed by atoms with Gasteiger partial charge in [-0.05, 0) is 75.1 Å². The standard InChI is InChI=1S/C23H30N4O2S2/c1-4-19(31(28)29)10-5-6-11-27-22-21(16(3)24-14-25-22)26-23(27)30-20-13-18-9-7-8-17(18)12-15(20)2/h12-14,19H,4-11H2,1-3H3,(H,28,29). The number of hydrogen-bond acceptors (Lipinski definition) is 5. The third-order valence-corrected chi connectivity index (χ3v) is 8.46. The van der Waals surface area contributed by atoms with Gasteiger partial charge in [-0.2, -0.15) is 0 Å². The van der Waals surface area contributed by atoms with E-state index < -0.39 is 11.1 Å². The maximum absolute atomic E-state index is 11.4. The van der Waals surface area contributed by atoms with E-state index in [1.54, 1.807) is 18.1 Å². The molecule has 0 saturated heterocycles.